The van der Waals surface area contributed by atoms with E-state index in [1.54, 1.807) is 22.3 Å². The average Bonchev–Trinajstić information content (AvgIpc) is 3.78. The third kappa shape index (κ3) is 6.89. The van der Waals surface area contributed by atoms with Crippen LogP contribution in [0.5, 0.6) is 11.5 Å². The van der Waals surface area contributed by atoms with Gasteiger partial charge in [0.05, 0.1) is 18.9 Å². The number of carboxylic acid groups (broad SMARTS) is 2. The van der Waals surface area contributed by atoms with Crippen molar-refractivity contribution >= 4 is 56.4 Å². The number of amides is 1. The van der Waals surface area contributed by atoms with E-state index in [1.165, 1.54) is 0 Å². The van der Waals surface area contributed by atoms with Crippen molar-refractivity contribution in [2.45, 2.75) is 44.7 Å². The van der Waals surface area contributed by atoms with Crippen LogP contribution in [0.25, 0.3) is 27.3 Å². The van der Waals surface area contributed by atoms with Gasteiger partial charge in [0.15, 0.2) is 17.1 Å². The zero-order valence-corrected chi connectivity index (χ0v) is 25.8. The molecule has 10 nitrogen and oxygen atoms in total. The molecule has 0 bridgehead atoms. The van der Waals surface area contributed by atoms with Gasteiger partial charge >= 0.3 is 11.9 Å². The average molecular weight is 641 g/mol. The van der Waals surface area contributed by atoms with Gasteiger partial charge in [-0.25, -0.2) is 4.98 Å². The lowest BCUT2D eigenvalue weighted by Gasteiger charge is -2.35. The molecule has 11 heteroatoms. The van der Waals surface area contributed by atoms with Crippen molar-refractivity contribution in [3.8, 4) is 11.5 Å². The molecular weight excluding hydrogens is 608 g/mol. The number of hydrogen-bond donors (Lipinski definition) is 2. The number of carbonyl (C=O) groups excluding carboxylic acids is 1. The normalized spacial score (nSPS) is 14.5. The van der Waals surface area contributed by atoms with Crippen molar-refractivity contribution in [3.05, 3.63) is 95.2 Å². The van der Waals surface area contributed by atoms with E-state index < -0.39 is 42.6 Å². The number of ether oxygens (including phenoxy) is 2. The smallest absolute Gasteiger partial charge is 0.307 e. The molecule has 0 radical (unpaired) electrons. The van der Waals surface area contributed by atoms with Crippen LogP contribution in [-0.4, -0.2) is 50.8 Å². The monoisotopic (exact) mass is 640 g/mol. The summed E-state index contributed by atoms with van der Waals surface area (Å²) in [4.78, 5) is 44.5. The number of rotatable bonds is 13. The summed E-state index contributed by atoms with van der Waals surface area (Å²) >= 11 is 1.56. The van der Waals surface area contributed by atoms with E-state index in [-0.39, 0.29) is 19.3 Å². The molecule has 46 heavy (non-hydrogen) atoms. The van der Waals surface area contributed by atoms with Gasteiger partial charge in [-0.1, -0.05) is 42.5 Å². The number of nitrogens with zero attached hydrogens (tertiary/aromatic N) is 2. The minimum Gasteiger partial charge on any atom is -0.481 e. The van der Waals surface area contributed by atoms with E-state index in [1.807, 2.05) is 85.8 Å². The molecule has 2 N–H and O–H groups in total. The van der Waals surface area contributed by atoms with Gasteiger partial charge in [0.1, 0.15) is 5.52 Å². The van der Waals surface area contributed by atoms with E-state index in [0.717, 1.165) is 26.0 Å². The summed E-state index contributed by atoms with van der Waals surface area (Å²) in [5.41, 5.74) is 2.32. The molecule has 1 amide bonds. The highest BCUT2D eigenvalue weighted by Crippen LogP contribution is 2.38. The van der Waals surface area contributed by atoms with Crippen molar-refractivity contribution in [1.82, 2.24) is 9.88 Å². The van der Waals surface area contributed by atoms with Crippen LogP contribution in [0, 0.1) is 5.92 Å². The van der Waals surface area contributed by atoms with Crippen LogP contribution in [0.1, 0.15) is 48.4 Å². The number of benzene rings is 3. The summed E-state index contributed by atoms with van der Waals surface area (Å²) in [5.74, 6) is -2.96. The van der Waals surface area contributed by atoms with E-state index in [2.05, 4.69) is 4.98 Å². The molecule has 0 saturated carbocycles. The molecule has 3 aromatic carbocycles. The summed E-state index contributed by atoms with van der Waals surface area (Å²) < 4.78 is 18.1. The van der Waals surface area contributed by atoms with Gasteiger partial charge < -0.3 is 29.0 Å². The molecule has 236 valence electrons. The number of oxazole rings is 1. The van der Waals surface area contributed by atoms with Gasteiger partial charge in [-0.2, -0.15) is 0 Å². The highest BCUT2D eigenvalue weighted by molar-refractivity contribution is 7.19. The Morgan fingerprint density at radius 2 is 1.76 bits per heavy atom. The largest absolute Gasteiger partial charge is 0.481 e. The predicted octanol–water partition coefficient (Wildman–Crippen LogP) is 6.94. The summed E-state index contributed by atoms with van der Waals surface area (Å²) in [6.07, 6.45) is 3.14. The van der Waals surface area contributed by atoms with Crippen molar-refractivity contribution in [2.24, 2.45) is 5.92 Å². The van der Waals surface area contributed by atoms with Crippen LogP contribution in [0.2, 0.25) is 0 Å². The number of fused-ring (bicyclic) bond motifs is 3. The van der Waals surface area contributed by atoms with Crippen LogP contribution in [0.4, 0.5) is 0 Å². The molecule has 0 aliphatic carbocycles. The topological polar surface area (TPSA) is 139 Å². The lowest BCUT2D eigenvalue weighted by atomic mass is 9.87. The number of carbonyl (C=O) groups is 3. The molecule has 5 aromatic rings. The van der Waals surface area contributed by atoms with E-state index >= 15 is 0 Å². The number of hydrogen-bond acceptors (Lipinski definition) is 8. The van der Waals surface area contributed by atoms with Crippen molar-refractivity contribution < 1.29 is 38.5 Å². The third-order valence-electron chi connectivity index (χ3n) is 8.17. The summed E-state index contributed by atoms with van der Waals surface area (Å²) in [7, 11) is 0. The fourth-order valence-electron chi connectivity index (χ4n) is 5.78. The fourth-order valence-corrected chi connectivity index (χ4v) is 6.84. The summed E-state index contributed by atoms with van der Waals surface area (Å²) in [6, 6.07) is 22.7. The number of thiophene rings is 1. The number of para-hydroxylation sites is 2. The highest BCUT2D eigenvalue weighted by Gasteiger charge is 2.33. The molecule has 6 rings (SSSR count). The molecule has 3 atom stereocenters. The maximum Gasteiger partial charge on any atom is 0.307 e. The lowest BCUT2D eigenvalue weighted by Crippen LogP contribution is -2.42. The molecule has 1 aliphatic heterocycles. The maximum atomic E-state index is 14.0. The second kappa shape index (κ2) is 13.5. The zero-order chi connectivity index (χ0) is 32.2. The van der Waals surface area contributed by atoms with Gasteiger partial charge in [-0.05, 0) is 66.8 Å². The number of allylic oxidation sites excluding steroid dienone is 1. The summed E-state index contributed by atoms with van der Waals surface area (Å²) in [5, 5.41) is 20.1. The SMILES string of the molecule is C[C@H]([C@H](CC=Cc1nc2ccccc2o1)c1ccc2c(c1)OCO2)N(Cc1cc2ccccc2s1)C(=O)C[C@H](CC(=O)O)C(=O)O. The van der Waals surface area contributed by atoms with Crippen LogP contribution in [0.15, 0.2) is 83.3 Å². The Bertz CT molecular complexity index is 1860. The predicted molar refractivity (Wildman–Crippen MR) is 173 cm³/mol. The molecular formula is C35H32N2O8S. The maximum absolute atomic E-state index is 14.0. The first-order valence-corrected chi connectivity index (χ1v) is 15.7. The number of aliphatic carboxylic acids is 2. The Hall–Kier alpha value is -5.16. The first-order valence-electron chi connectivity index (χ1n) is 14.9. The molecule has 0 unspecified atom stereocenters. The third-order valence-corrected chi connectivity index (χ3v) is 9.27. The Kier molecular flexibility index (Phi) is 9.02. The molecule has 0 spiro atoms. The Morgan fingerprint density at radius 3 is 2.54 bits per heavy atom. The van der Waals surface area contributed by atoms with Crippen LogP contribution >= 0.6 is 11.3 Å². The van der Waals surface area contributed by atoms with Crippen molar-refractivity contribution in [3.63, 3.8) is 0 Å². The number of aromatic nitrogens is 1. The van der Waals surface area contributed by atoms with Gasteiger partial charge in [-0.15, -0.1) is 11.3 Å². The van der Waals surface area contributed by atoms with E-state index in [4.69, 9.17) is 13.9 Å². The Morgan fingerprint density at radius 1 is 0.978 bits per heavy atom. The number of carboxylic acids is 2. The molecule has 0 saturated heterocycles. The second-order valence-corrected chi connectivity index (χ2v) is 12.4. The molecule has 1 aliphatic rings. The molecule has 3 heterocycles. The van der Waals surface area contributed by atoms with E-state index in [0.29, 0.717) is 29.4 Å². The van der Waals surface area contributed by atoms with Crippen molar-refractivity contribution in [2.75, 3.05) is 6.79 Å². The minimum atomic E-state index is -1.36. The zero-order valence-electron chi connectivity index (χ0n) is 25.0. The van der Waals surface area contributed by atoms with Crippen LogP contribution in [0.3, 0.4) is 0 Å². The first kappa shape index (κ1) is 30.8. The van der Waals surface area contributed by atoms with E-state index in [9.17, 15) is 24.6 Å². The standard InChI is InChI=1S/C35H32N2O8S/c1-21(37(33(38)17-24(35(41)42)18-34(39)40)19-25-15-23-7-2-5-11-31(23)46-25)26(22-13-14-29-30(16-22)44-20-43-29)8-6-12-32-36-27-9-3-4-10-28(27)45-32/h2-7,9-16,21,24,26H,8,17-20H2,1H3,(H,39,40)(H,41,42)/t21-,24-,26+/m1/s1. The van der Waals surface area contributed by atoms with Crippen molar-refractivity contribution in [1.29, 1.82) is 0 Å². The van der Waals surface area contributed by atoms with Crippen LogP contribution < -0.4 is 9.47 Å². The Balaban J connectivity index is 1.34. The highest BCUT2D eigenvalue weighted by atomic mass is 32.1. The van der Waals surface area contributed by atoms with Gasteiger partial charge in [0.25, 0.3) is 0 Å². The molecule has 0 fully saturated rings. The quantitative estimate of drug-likeness (QED) is 0.140. The van der Waals surface area contributed by atoms with Crippen LogP contribution in [-0.2, 0) is 20.9 Å². The summed E-state index contributed by atoms with van der Waals surface area (Å²) in [6.45, 7) is 2.28. The first-order chi connectivity index (χ1) is 22.2. The Labute approximate surface area is 268 Å². The minimum absolute atomic E-state index is 0.118. The lowest BCUT2D eigenvalue weighted by molar-refractivity contribution is -0.151. The van der Waals surface area contributed by atoms with Gasteiger partial charge in [0.2, 0.25) is 18.6 Å². The molecule has 2 aromatic heterocycles. The fraction of sp³-hybridized carbons (Fsp3) is 0.257. The second-order valence-electron chi connectivity index (χ2n) is 11.2. The van der Waals surface area contributed by atoms with Gasteiger partial charge in [-0.3, -0.25) is 14.4 Å². The van der Waals surface area contributed by atoms with Gasteiger partial charge in [0, 0.05) is 28.0 Å².